The number of aryl methyl sites for hydroxylation is 1. The average Bonchev–Trinajstić information content (AvgIpc) is 2.81. The van der Waals surface area contributed by atoms with Crippen LogP contribution in [0.1, 0.15) is 26.3 Å². The molecule has 2 N–H and O–H groups in total. The van der Waals surface area contributed by atoms with Gasteiger partial charge in [-0.15, -0.1) is 5.10 Å². The lowest BCUT2D eigenvalue weighted by molar-refractivity contribution is 0.347. The molecule has 5 nitrogen and oxygen atoms in total. The number of tetrazole rings is 1. The van der Waals surface area contributed by atoms with E-state index in [-0.39, 0.29) is 5.82 Å². The number of hydrogen-bond acceptors (Lipinski definition) is 4. The molecule has 0 fully saturated rings. The summed E-state index contributed by atoms with van der Waals surface area (Å²) in [6, 6.07) is 3.17. The molecular formula is C14H20FN5. The number of aromatic nitrogens is 4. The van der Waals surface area contributed by atoms with E-state index in [1.54, 1.807) is 23.7 Å². The summed E-state index contributed by atoms with van der Waals surface area (Å²) in [5.41, 5.74) is 7.14. The van der Waals surface area contributed by atoms with E-state index >= 15 is 0 Å². The average molecular weight is 277 g/mol. The molecule has 2 rings (SSSR count). The Labute approximate surface area is 118 Å². The first-order valence-corrected chi connectivity index (χ1v) is 6.72. The minimum atomic E-state index is -0.326. The molecule has 1 heterocycles. The Hall–Kier alpha value is -1.98. The molecule has 2 aromatic rings. The van der Waals surface area contributed by atoms with Gasteiger partial charge in [0.1, 0.15) is 5.82 Å². The molecule has 20 heavy (non-hydrogen) atoms. The maximum Gasteiger partial charge on any atom is 0.185 e. The first-order valence-electron chi connectivity index (χ1n) is 6.72. The van der Waals surface area contributed by atoms with Crippen LogP contribution in [0.3, 0.4) is 0 Å². The number of hydrogen-bond donors (Lipinski definition) is 1. The third-order valence-corrected chi connectivity index (χ3v) is 3.65. The summed E-state index contributed by atoms with van der Waals surface area (Å²) in [4.78, 5) is 0. The van der Waals surface area contributed by atoms with Gasteiger partial charge < -0.3 is 5.73 Å². The molecule has 6 heteroatoms. The summed E-state index contributed by atoms with van der Waals surface area (Å²) in [5.74, 6) is 0.986. The molecule has 0 bridgehead atoms. The van der Waals surface area contributed by atoms with E-state index in [9.17, 15) is 4.39 Å². The summed E-state index contributed by atoms with van der Waals surface area (Å²) in [7, 11) is 0. The zero-order valence-electron chi connectivity index (χ0n) is 12.3. The molecular weight excluding hydrogens is 257 g/mol. The van der Waals surface area contributed by atoms with Crippen LogP contribution in [0.4, 0.5) is 10.1 Å². The van der Waals surface area contributed by atoms with Crippen molar-refractivity contribution in [1.29, 1.82) is 0 Å². The summed E-state index contributed by atoms with van der Waals surface area (Å²) in [5, 5.41) is 11.6. The van der Waals surface area contributed by atoms with E-state index in [0.717, 1.165) is 0 Å². The monoisotopic (exact) mass is 277 g/mol. The second-order valence-corrected chi connectivity index (χ2v) is 5.61. The van der Waals surface area contributed by atoms with Crippen molar-refractivity contribution in [3.63, 3.8) is 0 Å². The second kappa shape index (κ2) is 5.56. The van der Waals surface area contributed by atoms with Crippen molar-refractivity contribution in [1.82, 2.24) is 20.2 Å². The fourth-order valence-electron chi connectivity index (χ4n) is 1.96. The number of nitrogens with two attached hydrogens (primary N) is 1. The minimum absolute atomic E-state index is 0.326. The highest BCUT2D eigenvalue weighted by molar-refractivity contribution is 5.63. The molecule has 0 aliphatic rings. The van der Waals surface area contributed by atoms with Crippen LogP contribution in [-0.4, -0.2) is 20.2 Å². The number of anilines is 1. The highest BCUT2D eigenvalue weighted by Gasteiger charge is 2.18. The van der Waals surface area contributed by atoms with Crippen LogP contribution >= 0.6 is 0 Å². The predicted molar refractivity (Wildman–Crippen MR) is 76.4 cm³/mol. The van der Waals surface area contributed by atoms with Gasteiger partial charge in [-0.1, -0.05) is 20.8 Å². The third-order valence-electron chi connectivity index (χ3n) is 3.65. The van der Waals surface area contributed by atoms with E-state index in [1.807, 2.05) is 0 Å². The van der Waals surface area contributed by atoms with Gasteiger partial charge in [0.25, 0.3) is 0 Å². The third kappa shape index (κ3) is 2.79. The van der Waals surface area contributed by atoms with Gasteiger partial charge in [0.2, 0.25) is 0 Å². The molecule has 0 saturated carbocycles. The SMILES string of the molecule is Cc1cc(N)cc(-c2nnnn2CC(C)C(C)C)c1F. The first-order chi connectivity index (χ1) is 9.40. The second-order valence-electron chi connectivity index (χ2n) is 5.61. The van der Waals surface area contributed by atoms with Crippen LogP contribution in [0, 0.1) is 24.6 Å². The van der Waals surface area contributed by atoms with Crippen molar-refractivity contribution in [2.45, 2.75) is 34.2 Å². The number of halogens is 1. The van der Waals surface area contributed by atoms with Gasteiger partial charge in [-0.2, -0.15) is 0 Å². The number of benzene rings is 1. The van der Waals surface area contributed by atoms with Crippen LogP contribution in [0.5, 0.6) is 0 Å². The summed E-state index contributed by atoms with van der Waals surface area (Å²) in [6.45, 7) is 8.73. The Balaban J connectivity index is 2.42. The molecule has 0 radical (unpaired) electrons. The predicted octanol–water partition coefficient (Wildman–Crippen LogP) is 2.66. The first kappa shape index (κ1) is 14.4. The van der Waals surface area contributed by atoms with Gasteiger partial charge in [-0.05, 0) is 46.9 Å². The minimum Gasteiger partial charge on any atom is -0.399 e. The largest absolute Gasteiger partial charge is 0.399 e. The zero-order valence-corrected chi connectivity index (χ0v) is 12.3. The molecule has 0 amide bonds. The molecule has 0 spiro atoms. The Bertz CT molecular complexity index is 606. The number of rotatable bonds is 4. The zero-order chi connectivity index (χ0) is 14.9. The maximum atomic E-state index is 14.3. The molecule has 1 atom stereocenters. The molecule has 0 aliphatic carbocycles. The van der Waals surface area contributed by atoms with E-state index in [2.05, 4.69) is 36.3 Å². The van der Waals surface area contributed by atoms with Gasteiger partial charge in [0, 0.05) is 12.2 Å². The highest BCUT2D eigenvalue weighted by Crippen LogP contribution is 2.26. The lowest BCUT2D eigenvalue weighted by atomic mass is 9.98. The summed E-state index contributed by atoms with van der Waals surface area (Å²) in [6.07, 6.45) is 0. The maximum absolute atomic E-state index is 14.3. The number of nitrogen functional groups attached to an aromatic ring is 1. The molecule has 0 saturated heterocycles. The molecule has 0 aliphatic heterocycles. The Kier molecular flexibility index (Phi) is 4.01. The normalized spacial score (nSPS) is 12.9. The lowest BCUT2D eigenvalue weighted by Crippen LogP contribution is -2.15. The van der Waals surface area contributed by atoms with E-state index < -0.39 is 0 Å². The molecule has 108 valence electrons. The molecule has 1 unspecified atom stereocenters. The van der Waals surface area contributed by atoms with Crippen LogP contribution < -0.4 is 5.73 Å². The fourth-order valence-corrected chi connectivity index (χ4v) is 1.96. The van der Waals surface area contributed by atoms with Crippen molar-refractivity contribution in [2.24, 2.45) is 11.8 Å². The van der Waals surface area contributed by atoms with Crippen LogP contribution in [0.15, 0.2) is 12.1 Å². The Morgan fingerprint density at radius 2 is 2.00 bits per heavy atom. The van der Waals surface area contributed by atoms with Crippen LogP contribution in [0.25, 0.3) is 11.4 Å². The van der Waals surface area contributed by atoms with Crippen LogP contribution in [-0.2, 0) is 6.54 Å². The van der Waals surface area contributed by atoms with Gasteiger partial charge >= 0.3 is 0 Å². The van der Waals surface area contributed by atoms with Gasteiger partial charge in [-0.25, -0.2) is 9.07 Å². The summed E-state index contributed by atoms with van der Waals surface area (Å²) >= 11 is 0. The van der Waals surface area contributed by atoms with Crippen molar-refractivity contribution < 1.29 is 4.39 Å². The van der Waals surface area contributed by atoms with Crippen molar-refractivity contribution in [3.8, 4) is 11.4 Å². The van der Waals surface area contributed by atoms with E-state index in [1.165, 1.54) is 0 Å². The quantitative estimate of drug-likeness (QED) is 0.872. The topological polar surface area (TPSA) is 69.6 Å². The highest BCUT2D eigenvalue weighted by atomic mass is 19.1. The molecule has 1 aromatic heterocycles. The van der Waals surface area contributed by atoms with Crippen LogP contribution in [0.2, 0.25) is 0 Å². The smallest absolute Gasteiger partial charge is 0.185 e. The Morgan fingerprint density at radius 1 is 1.30 bits per heavy atom. The van der Waals surface area contributed by atoms with Gasteiger partial charge in [0.15, 0.2) is 5.82 Å². The van der Waals surface area contributed by atoms with Gasteiger partial charge in [0.05, 0.1) is 5.56 Å². The van der Waals surface area contributed by atoms with Crippen molar-refractivity contribution in [3.05, 3.63) is 23.5 Å². The van der Waals surface area contributed by atoms with Gasteiger partial charge in [-0.3, -0.25) is 0 Å². The van der Waals surface area contributed by atoms with Crippen molar-refractivity contribution >= 4 is 5.69 Å². The lowest BCUT2D eigenvalue weighted by Gasteiger charge is -2.16. The summed E-state index contributed by atoms with van der Waals surface area (Å²) < 4.78 is 15.9. The fraction of sp³-hybridized carbons (Fsp3) is 0.500. The molecule has 1 aromatic carbocycles. The van der Waals surface area contributed by atoms with E-state index in [4.69, 9.17) is 5.73 Å². The van der Waals surface area contributed by atoms with Crippen molar-refractivity contribution in [2.75, 3.05) is 5.73 Å². The standard InChI is InChI=1S/C14H20FN5/c1-8(2)10(4)7-20-14(17-18-19-20)12-6-11(16)5-9(3)13(12)15/h5-6,8,10H,7,16H2,1-4H3. The number of nitrogens with zero attached hydrogens (tertiary/aromatic N) is 4. The Morgan fingerprint density at radius 3 is 2.65 bits per heavy atom. The van der Waals surface area contributed by atoms with E-state index in [0.29, 0.717) is 41.0 Å².